The molecule has 1 saturated heterocycles. The van der Waals surface area contributed by atoms with Crippen LogP contribution in [0.1, 0.15) is 20.3 Å². The number of nitrogens with one attached hydrogen (secondary N) is 1. The van der Waals surface area contributed by atoms with Gasteiger partial charge in [0, 0.05) is 23.6 Å². The average molecular weight is 350 g/mol. The molecule has 1 fully saturated rings. The second-order valence-electron chi connectivity index (χ2n) is 5.09. The van der Waals surface area contributed by atoms with Crippen LogP contribution < -0.4 is 10.2 Å². The molecule has 0 spiro atoms. The van der Waals surface area contributed by atoms with E-state index in [0.29, 0.717) is 17.0 Å². The van der Waals surface area contributed by atoms with Gasteiger partial charge in [-0.25, -0.2) is 4.39 Å². The highest BCUT2D eigenvalue weighted by atomic mass is 79.9. The molecule has 1 N–H and O–H groups in total. The first kappa shape index (κ1) is 15.1. The van der Waals surface area contributed by atoms with E-state index in [1.165, 1.54) is 12.1 Å². The highest BCUT2D eigenvalue weighted by molar-refractivity contribution is 9.10. The van der Waals surface area contributed by atoms with Gasteiger partial charge in [-0.05, 0) is 46.9 Å². The molecule has 0 saturated carbocycles. The van der Waals surface area contributed by atoms with Crippen LogP contribution in [0.2, 0.25) is 5.02 Å². The Bertz CT molecular complexity index is 432. The van der Waals surface area contributed by atoms with Gasteiger partial charge in [0.1, 0.15) is 5.82 Å². The average Bonchev–Trinajstić information content (AvgIpc) is 2.31. The van der Waals surface area contributed by atoms with Crippen LogP contribution in [-0.2, 0) is 0 Å². The van der Waals surface area contributed by atoms with Gasteiger partial charge in [-0.15, -0.1) is 0 Å². The Balaban J connectivity index is 2.17. The molecule has 0 aromatic heterocycles. The van der Waals surface area contributed by atoms with Crippen LogP contribution in [0.5, 0.6) is 0 Å². The lowest BCUT2D eigenvalue weighted by Gasteiger charge is -2.39. The molecule has 2 atom stereocenters. The monoisotopic (exact) mass is 348 g/mol. The third-order valence-electron chi connectivity index (χ3n) is 3.67. The van der Waals surface area contributed by atoms with Crippen molar-refractivity contribution in [1.82, 2.24) is 5.32 Å². The fourth-order valence-electron chi connectivity index (χ4n) is 2.75. The maximum absolute atomic E-state index is 13.3. The van der Waals surface area contributed by atoms with E-state index in [1.54, 1.807) is 0 Å². The van der Waals surface area contributed by atoms with Gasteiger partial charge < -0.3 is 10.2 Å². The third-order valence-corrected chi connectivity index (χ3v) is 4.56. The number of nitrogens with zero attached hydrogens (tertiary/aromatic N) is 1. The Morgan fingerprint density at radius 1 is 1.53 bits per heavy atom. The summed E-state index contributed by atoms with van der Waals surface area (Å²) in [5, 5.41) is 3.99. The van der Waals surface area contributed by atoms with E-state index in [2.05, 4.69) is 40.0 Å². The summed E-state index contributed by atoms with van der Waals surface area (Å²) >= 11 is 9.60. The van der Waals surface area contributed by atoms with Gasteiger partial charge in [0.15, 0.2) is 0 Å². The van der Waals surface area contributed by atoms with Crippen molar-refractivity contribution in [2.24, 2.45) is 5.92 Å². The summed E-state index contributed by atoms with van der Waals surface area (Å²) in [7, 11) is 0. The Kier molecular flexibility index (Phi) is 5.09. The largest absolute Gasteiger partial charge is 0.369 e. The molecule has 1 aromatic carbocycles. The molecule has 0 bridgehead atoms. The highest BCUT2D eigenvalue weighted by Crippen LogP contribution is 2.37. The first-order valence-corrected chi connectivity index (χ1v) is 7.83. The van der Waals surface area contributed by atoms with Gasteiger partial charge >= 0.3 is 0 Å². The van der Waals surface area contributed by atoms with Crippen LogP contribution in [-0.4, -0.2) is 25.7 Å². The van der Waals surface area contributed by atoms with Crippen molar-refractivity contribution in [3.63, 3.8) is 0 Å². The fraction of sp³-hybridized carbons (Fsp3) is 0.571. The maximum atomic E-state index is 13.3. The van der Waals surface area contributed by atoms with Crippen LogP contribution in [0.4, 0.5) is 10.1 Å². The van der Waals surface area contributed by atoms with Crippen molar-refractivity contribution in [3.05, 3.63) is 27.4 Å². The summed E-state index contributed by atoms with van der Waals surface area (Å²) in [4.78, 5) is 2.24. The molecule has 1 aromatic rings. The third kappa shape index (κ3) is 3.41. The van der Waals surface area contributed by atoms with Crippen molar-refractivity contribution >= 4 is 33.2 Å². The highest BCUT2D eigenvalue weighted by Gasteiger charge is 2.27. The van der Waals surface area contributed by atoms with Gasteiger partial charge in [-0.3, -0.25) is 0 Å². The second-order valence-corrected chi connectivity index (χ2v) is 6.36. The van der Waals surface area contributed by atoms with E-state index >= 15 is 0 Å². The lowest BCUT2D eigenvalue weighted by Crippen LogP contribution is -2.48. The second kappa shape index (κ2) is 6.42. The molecular formula is C14H19BrClFN2. The zero-order valence-electron chi connectivity index (χ0n) is 11.2. The fourth-order valence-corrected chi connectivity index (χ4v) is 3.87. The number of benzene rings is 1. The molecule has 0 aliphatic carbocycles. The lowest BCUT2D eigenvalue weighted by molar-refractivity contribution is 0.326. The molecule has 0 radical (unpaired) electrons. The van der Waals surface area contributed by atoms with Gasteiger partial charge in [-0.1, -0.05) is 25.4 Å². The minimum atomic E-state index is -0.309. The molecule has 2 unspecified atom stereocenters. The Hall–Kier alpha value is -0.320. The summed E-state index contributed by atoms with van der Waals surface area (Å²) in [6.07, 6.45) is 1.08. The minimum Gasteiger partial charge on any atom is -0.369 e. The molecule has 1 heterocycles. The first-order valence-electron chi connectivity index (χ1n) is 6.65. The Labute approximate surface area is 127 Å². The molecule has 2 rings (SSSR count). The zero-order chi connectivity index (χ0) is 14.0. The van der Waals surface area contributed by atoms with Gasteiger partial charge in [0.05, 0.1) is 10.7 Å². The van der Waals surface area contributed by atoms with Crippen LogP contribution in [0.3, 0.4) is 0 Å². The van der Waals surface area contributed by atoms with Crippen molar-refractivity contribution in [1.29, 1.82) is 0 Å². The van der Waals surface area contributed by atoms with Gasteiger partial charge in [0.2, 0.25) is 0 Å². The maximum Gasteiger partial charge on any atom is 0.125 e. The first-order chi connectivity index (χ1) is 9.02. The van der Waals surface area contributed by atoms with Crippen LogP contribution in [0, 0.1) is 11.7 Å². The van der Waals surface area contributed by atoms with Crippen LogP contribution in [0.25, 0.3) is 0 Å². The topological polar surface area (TPSA) is 15.3 Å². The normalized spacial score (nSPS) is 23.7. The summed E-state index contributed by atoms with van der Waals surface area (Å²) in [5.41, 5.74) is 0.907. The van der Waals surface area contributed by atoms with E-state index in [1.807, 2.05) is 0 Å². The lowest BCUT2D eigenvalue weighted by atomic mass is 9.93. The Morgan fingerprint density at radius 3 is 2.84 bits per heavy atom. The molecule has 2 nitrogen and oxygen atoms in total. The van der Waals surface area contributed by atoms with E-state index < -0.39 is 0 Å². The minimum absolute atomic E-state index is 0.309. The summed E-state index contributed by atoms with van der Waals surface area (Å²) in [6, 6.07) is 3.41. The smallest absolute Gasteiger partial charge is 0.125 e. The van der Waals surface area contributed by atoms with Gasteiger partial charge in [-0.2, -0.15) is 0 Å². The van der Waals surface area contributed by atoms with Crippen LogP contribution in [0.15, 0.2) is 16.6 Å². The molecular weight excluding hydrogens is 331 g/mol. The molecule has 106 valence electrons. The van der Waals surface area contributed by atoms with E-state index in [4.69, 9.17) is 11.6 Å². The number of piperidine rings is 1. The number of anilines is 1. The van der Waals surface area contributed by atoms with Crippen molar-refractivity contribution in [3.8, 4) is 0 Å². The predicted octanol–water partition coefficient (Wildman–Crippen LogP) is 4.07. The molecule has 19 heavy (non-hydrogen) atoms. The molecule has 1 aliphatic rings. The molecule has 0 amide bonds. The van der Waals surface area contributed by atoms with Crippen LogP contribution >= 0.6 is 27.5 Å². The van der Waals surface area contributed by atoms with Gasteiger partial charge in [0.25, 0.3) is 0 Å². The number of hydrogen-bond donors (Lipinski definition) is 1. The SMILES string of the molecule is CCNC1CCN(c2c(Cl)cc(F)cc2Br)CC1C. The number of rotatable bonds is 3. The molecule has 5 heteroatoms. The van der Waals surface area contributed by atoms with E-state index in [0.717, 1.165) is 36.2 Å². The summed E-state index contributed by atoms with van der Waals surface area (Å²) in [6.45, 7) is 7.24. The standard InChI is InChI=1S/C14H19BrClFN2/c1-3-18-13-4-5-19(8-9(13)2)14-11(15)6-10(17)7-12(14)16/h6-7,9,13,18H,3-5,8H2,1-2H3. The van der Waals surface area contributed by atoms with E-state index in [-0.39, 0.29) is 5.82 Å². The number of halogens is 3. The zero-order valence-corrected chi connectivity index (χ0v) is 13.6. The van der Waals surface area contributed by atoms with Crippen molar-refractivity contribution in [2.75, 3.05) is 24.5 Å². The Morgan fingerprint density at radius 2 is 2.26 bits per heavy atom. The molecule has 1 aliphatic heterocycles. The van der Waals surface area contributed by atoms with E-state index in [9.17, 15) is 4.39 Å². The number of hydrogen-bond acceptors (Lipinski definition) is 2. The van der Waals surface area contributed by atoms with Crippen molar-refractivity contribution < 1.29 is 4.39 Å². The summed E-state index contributed by atoms with van der Waals surface area (Å²) in [5.74, 6) is 0.234. The summed E-state index contributed by atoms with van der Waals surface area (Å²) < 4.78 is 14.0. The van der Waals surface area contributed by atoms with Crippen molar-refractivity contribution in [2.45, 2.75) is 26.3 Å². The predicted molar refractivity (Wildman–Crippen MR) is 82.6 cm³/mol. The quantitative estimate of drug-likeness (QED) is 0.885.